The third-order valence-electron chi connectivity index (χ3n) is 3.03. The molecule has 0 aliphatic carbocycles. The van der Waals surface area contributed by atoms with Gasteiger partial charge >= 0.3 is 6.18 Å². The molecule has 0 spiro atoms. The van der Waals surface area contributed by atoms with Crippen molar-refractivity contribution in [1.29, 1.82) is 0 Å². The van der Waals surface area contributed by atoms with E-state index in [1.165, 1.54) is 6.08 Å². The van der Waals surface area contributed by atoms with E-state index >= 15 is 0 Å². The first kappa shape index (κ1) is 15.3. The molecule has 21 heavy (non-hydrogen) atoms. The molecule has 0 radical (unpaired) electrons. The second-order valence-electron chi connectivity index (χ2n) is 4.52. The van der Waals surface area contributed by atoms with Crippen LogP contribution in [-0.4, -0.2) is 11.3 Å². The molecule has 0 saturated heterocycles. The molecule has 5 heteroatoms. The zero-order valence-electron chi connectivity index (χ0n) is 10.8. The SMILES string of the molecule is OC(C=Cc1ccccc1)(c1ccc(F)cc1)C(F)(F)F. The first-order valence-electron chi connectivity index (χ1n) is 6.12. The van der Waals surface area contributed by atoms with Crippen molar-refractivity contribution in [1.82, 2.24) is 0 Å². The van der Waals surface area contributed by atoms with Crippen LogP contribution in [0.5, 0.6) is 0 Å². The van der Waals surface area contributed by atoms with Gasteiger partial charge in [-0.25, -0.2) is 4.39 Å². The molecule has 0 aliphatic rings. The standard InChI is InChI=1S/C16H12F4O/c17-14-8-6-13(7-9-14)15(21,16(18,19)20)11-10-12-4-2-1-3-5-12/h1-11,21H. The molecule has 1 nitrogen and oxygen atoms in total. The summed E-state index contributed by atoms with van der Waals surface area (Å²) in [5.74, 6) is -0.671. The molecule has 1 unspecified atom stereocenters. The first-order chi connectivity index (χ1) is 9.83. The lowest BCUT2D eigenvalue weighted by Crippen LogP contribution is -2.40. The zero-order chi connectivity index (χ0) is 15.5. The number of alkyl halides is 3. The second-order valence-corrected chi connectivity index (χ2v) is 4.52. The van der Waals surface area contributed by atoms with Crippen molar-refractivity contribution >= 4 is 6.08 Å². The average Bonchev–Trinajstić information content (AvgIpc) is 2.45. The van der Waals surface area contributed by atoms with Crippen molar-refractivity contribution in [2.45, 2.75) is 11.8 Å². The Labute approximate surface area is 119 Å². The van der Waals surface area contributed by atoms with Crippen LogP contribution in [0.15, 0.2) is 60.7 Å². The Morgan fingerprint density at radius 3 is 1.95 bits per heavy atom. The molecule has 2 aromatic rings. The number of halogens is 4. The summed E-state index contributed by atoms with van der Waals surface area (Å²) >= 11 is 0. The van der Waals surface area contributed by atoms with Crippen LogP contribution >= 0.6 is 0 Å². The third kappa shape index (κ3) is 3.31. The number of rotatable bonds is 3. The predicted octanol–water partition coefficient (Wildman–Crippen LogP) is 4.29. The van der Waals surface area contributed by atoms with Crippen molar-refractivity contribution in [3.63, 3.8) is 0 Å². The zero-order valence-corrected chi connectivity index (χ0v) is 10.8. The quantitative estimate of drug-likeness (QED) is 0.838. The third-order valence-corrected chi connectivity index (χ3v) is 3.03. The summed E-state index contributed by atoms with van der Waals surface area (Å²) in [4.78, 5) is 0. The fourth-order valence-electron chi connectivity index (χ4n) is 1.84. The predicted molar refractivity (Wildman–Crippen MR) is 71.8 cm³/mol. The summed E-state index contributed by atoms with van der Waals surface area (Å²) in [5, 5.41) is 10.0. The molecular weight excluding hydrogens is 284 g/mol. The summed E-state index contributed by atoms with van der Waals surface area (Å²) in [5.41, 5.74) is -3.10. The maximum Gasteiger partial charge on any atom is 0.425 e. The maximum absolute atomic E-state index is 13.2. The van der Waals surface area contributed by atoms with Crippen LogP contribution in [0, 0.1) is 5.82 Å². The van der Waals surface area contributed by atoms with Gasteiger partial charge in [-0.15, -0.1) is 0 Å². The van der Waals surface area contributed by atoms with E-state index in [1.807, 2.05) is 0 Å². The normalized spacial score (nSPS) is 15.1. The van der Waals surface area contributed by atoms with E-state index in [4.69, 9.17) is 0 Å². The topological polar surface area (TPSA) is 20.2 Å². The summed E-state index contributed by atoms with van der Waals surface area (Å²) in [6.45, 7) is 0. The smallest absolute Gasteiger partial charge is 0.373 e. The van der Waals surface area contributed by atoms with Crippen LogP contribution in [0.2, 0.25) is 0 Å². The Bertz CT molecular complexity index is 617. The second kappa shape index (κ2) is 5.69. The molecule has 0 heterocycles. The Hall–Kier alpha value is -2.14. The molecule has 0 aliphatic heterocycles. The lowest BCUT2D eigenvalue weighted by atomic mass is 9.92. The van der Waals surface area contributed by atoms with E-state index in [-0.39, 0.29) is 0 Å². The molecule has 1 atom stereocenters. The highest BCUT2D eigenvalue weighted by Gasteiger charge is 2.53. The molecule has 0 saturated carbocycles. The van der Waals surface area contributed by atoms with Gasteiger partial charge in [0.05, 0.1) is 0 Å². The van der Waals surface area contributed by atoms with Gasteiger partial charge in [0, 0.05) is 0 Å². The average molecular weight is 296 g/mol. The fraction of sp³-hybridized carbons (Fsp3) is 0.125. The molecule has 1 N–H and O–H groups in total. The lowest BCUT2D eigenvalue weighted by molar-refractivity contribution is -0.244. The first-order valence-corrected chi connectivity index (χ1v) is 6.12. The monoisotopic (exact) mass is 296 g/mol. The lowest BCUT2D eigenvalue weighted by Gasteiger charge is -2.28. The van der Waals surface area contributed by atoms with Gasteiger partial charge in [-0.05, 0) is 29.3 Å². The molecule has 2 rings (SSSR count). The van der Waals surface area contributed by atoms with Gasteiger partial charge in [0.1, 0.15) is 5.82 Å². The van der Waals surface area contributed by atoms with Crippen molar-refractivity contribution in [3.8, 4) is 0 Å². The highest BCUT2D eigenvalue weighted by molar-refractivity contribution is 5.52. The summed E-state index contributed by atoms with van der Waals surface area (Å²) in [6.07, 6.45) is -3.08. The van der Waals surface area contributed by atoms with Gasteiger partial charge in [-0.1, -0.05) is 48.5 Å². The molecule has 110 valence electrons. The fourth-order valence-corrected chi connectivity index (χ4v) is 1.84. The van der Waals surface area contributed by atoms with Crippen LogP contribution in [0.1, 0.15) is 11.1 Å². The summed E-state index contributed by atoms with van der Waals surface area (Å²) < 4.78 is 52.4. The molecule has 0 aromatic heterocycles. The Morgan fingerprint density at radius 1 is 0.857 bits per heavy atom. The van der Waals surface area contributed by atoms with Crippen molar-refractivity contribution in [2.24, 2.45) is 0 Å². The highest BCUT2D eigenvalue weighted by atomic mass is 19.4. The maximum atomic E-state index is 13.2. The van der Waals surface area contributed by atoms with E-state index in [0.29, 0.717) is 11.6 Å². The van der Waals surface area contributed by atoms with E-state index < -0.39 is 23.2 Å². The van der Waals surface area contributed by atoms with Crippen LogP contribution in [0.25, 0.3) is 6.08 Å². The van der Waals surface area contributed by atoms with Gasteiger partial charge in [-0.2, -0.15) is 13.2 Å². The van der Waals surface area contributed by atoms with Crippen LogP contribution in [0.4, 0.5) is 17.6 Å². The minimum absolute atomic E-state index is 0.441. The minimum Gasteiger partial charge on any atom is -0.373 e. The number of benzene rings is 2. The molecular formula is C16H12F4O. The van der Waals surface area contributed by atoms with Gasteiger partial charge < -0.3 is 5.11 Å². The Balaban J connectivity index is 2.43. The van der Waals surface area contributed by atoms with Gasteiger partial charge in [0.25, 0.3) is 0 Å². The Kier molecular flexibility index (Phi) is 4.14. The molecule has 2 aromatic carbocycles. The van der Waals surface area contributed by atoms with E-state index in [2.05, 4.69) is 0 Å². The van der Waals surface area contributed by atoms with Crippen molar-refractivity contribution in [3.05, 3.63) is 77.6 Å². The van der Waals surface area contributed by atoms with Crippen LogP contribution in [0.3, 0.4) is 0 Å². The highest BCUT2D eigenvalue weighted by Crippen LogP contribution is 2.40. The minimum atomic E-state index is -4.92. The molecule has 0 amide bonds. The van der Waals surface area contributed by atoms with Crippen molar-refractivity contribution in [2.75, 3.05) is 0 Å². The largest absolute Gasteiger partial charge is 0.425 e. The van der Waals surface area contributed by atoms with E-state index in [0.717, 1.165) is 24.3 Å². The van der Waals surface area contributed by atoms with Crippen LogP contribution < -0.4 is 0 Å². The van der Waals surface area contributed by atoms with E-state index in [1.54, 1.807) is 30.3 Å². The number of aliphatic hydroxyl groups is 1. The number of hydrogen-bond acceptors (Lipinski definition) is 1. The summed E-state index contributed by atoms with van der Waals surface area (Å²) in [7, 11) is 0. The molecule has 0 bridgehead atoms. The van der Waals surface area contributed by atoms with Crippen molar-refractivity contribution < 1.29 is 22.7 Å². The summed E-state index contributed by atoms with van der Waals surface area (Å²) in [6, 6.07) is 11.9. The van der Waals surface area contributed by atoms with Gasteiger partial charge in [0.2, 0.25) is 5.60 Å². The van der Waals surface area contributed by atoms with Gasteiger partial charge in [-0.3, -0.25) is 0 Å². The molecule has 0 fully saturated rings. The van der Waals surface area contributed by atoms with E-state index in [9.17, 15) is 22.7 Å². The van der Waals surface area contributed by atoms with Gasteiger partial charge in [0.15, 0.2) is 0 Å². The number of hydrogen-bond donors (Lipinski definition) is 1. The van der Waals surface area contributed by atoms with Crippen LogP contribution in [-0.2, 0) is 5.60 Å². The Morgan fingerprint density at radius 2 is 1.43 bits per heavy atom.